The zero-order chi connectivity index (χ0) is 14.8. The topological polar surface area (TPSA) is 71.2 Å². The molecule has 0 amide bonds. The lowest BCUT2D eigenvalue weighted by Crippen LogP contribution is -2.00. The number of aryl methyl sites for hydroxylation is 1. The molecule has 0 spiro atoms. The van der Waals surface area contributed by atoms with Crippen LogP contribution in [0.25, 0.3) is 11.3 Å². The summed E-state index contributed by atoms with van der Waals surface area (Å²) in [5.74, 6) is -0.314. The Balaban J connectivity index is 1.82. The molecule has 0 aliphatic heterocycles. The molecule has 0 aliphatic rings. The van der Waals surface area contributed by atoms with Crippen molar-refractivity contribution in [2.45, 2.75) is 13.5 Å². The summed E-state index contributed by atoms with van der Waals surface area (Å²) in [5, 5.41) is 27.0. The highest BCUT2D eigenvalue weighted by molar-refractivity contribution is 5.62. The van der Waals surface area contributed by atoms with Gasteiger partial charge in [-0.1, -0.05) is 35.0 Å². The summed E-state index contributed by atoms with van der Waals surface area (Å²) < 4.78 is 1.74. The number of hydrogen-bond donors (Lipinski definition) is 2. The van der Waals surface area contributed by atoms with Crippen LogP contribution in [0.3, 0.4) is 0 Å². The summed E-state index contributed by atoms with van der Waals surface area (Å²) in [6.07, 6.45) is 1.81. The molecular formula is C16H15N3O2. The SMILES string of the molecule is Cc1ccc(Cn2cc(-c3ccc(O)c(O)c3)nn2)cc1. The second-order valence-electron chi connectivity index (χ2n) is 4.99. The van der Waals surface area contributed by atoms with Crippen LogP contribution in [0.1, 0.15) is 11.1 Å². The molecule has 2 aromatic carbocycles. The van der Waals surface area contributed by atoms with Crippen molar-refractivity contribution in [1.82, 2.24) is 15.0 Å². The predicted molar refractivity (Wildman–Crippen MR) is 79.1 cm³/mol. The minimum Gasteiger partial charge on any atom is -0.504 e. The Bertz CT molecular complexity index is 763. The number of phenolic OH excluding ortho intramolecular Hbond substituents is 2. The number of phenols is 2. The summed E-state index contributed by atoms with van der Waals surface area (Å²) in [4.78, 5) is 0. The molecule has 0 atom stereocenters. The Hall–Kier alpha value is -2.82. The minimum atomic E-state index is -0.166. The summed E-state index contributed by atoms with van der Waals surface area (Å²) >= 11 is 0. The molecule has 21 heavy (non-hydrogen) atoms. The normalized spacial score (nSPS) is 10.7. The maximum absolute atomic E-state index is 9.52. The molecular weight excluding hydrogens is 266 g/mol. The monoisotopic (exact) mass is 281 g/mol. The average molecular weight is 281 g/mol. The largest absolute Gasteiger partial charge is 0.504 e. The Morgan fingerprint density at radius 1 is 1.00 bits per heavy atom. The first kappa shape index (κ1) is 13.2. The maximum atomic E-state index is 9.52. The molecule has 0 saturated heterocycles. The molecule has 0 unspecified atom stereocenters. The molecule has 0 bridgehead atoms. The molecule has 3 rings (SSSR count). The van der Waals surface area contributed by atoms with Gasteiger partial charge in [-0.3, -0.25) is 0 Å². The molecule has 2 N–H and O–H groups in total. The highest BCUT2D eigenvalue weighted by Crippen LogP contribution is 2.29. The van der Waals surface area contributed by atoms with Crippen molar-refractivity contribution in [3.63, 3.8) is 0 Å². The van der Waals surface area contributed by atoms with Gasteiger partial charge in [0, 0.05) is 5.56 Å². The quantitative estimate of drug-likeness (QED) is 0.724. The van der Waals surface area contributed by atoms with Crippen LogP contribution in [-0.4, -0.2) is 25.2 Å². The zero-order valence-electron chi connectivity index (χ0n) is 11.6. The van der Waals surface area contributed by atoms with Crippen LogP contribution >= 0.6 is 0 Å². The van der Waals surface area contributed by atoms with Crippen LogP contribution in [0, 0.1) is 6.92 Å². The second kappa shape index (κ2) is 5.28. The molecule has 5 heteroatoms. The fraction of sp³-hybridized carbons (Fsp3) is 0.125. The Labute approximate surface area is 122 Å². The molecule has 0 saturated carbocycles. The van der Waals surface area contributed by atoms with Gasteiger partial charge in [0.1, 0.15) is 5.69 Å². The van der Waals surface area contributed by atoms with Crippen molar-refractivity contribution in [2.24, 2.45) is 0 Å². The zero-order valence-corrected chi connectivity index (χ0v) is 11.6. The summed E-state index contributed by atoms with van der Waals surface area (Å²) in [7, 11) is 0. The van der Waals surface area contributed by atoms with E-state index in [1.165, 1.54) is 17.7 Å². The third-order valence-electron chi connectivity index (χ3n) is 3.28. The molecule has 1 aromatic heterocycles. The van der Waals surface area contributed by atoms with Crippen LogP contribution < -0.4 is 0 Å². The number of benzene rings is 2. The average Bonchev–Trinajstić information content (AvgIpc) is 2.93. The fourth-order valence-electron chi connectivity index (χ4n) is 2.07. The number of aromatic hydroxyl groups is 2. The van der Waals surface area contributed by atoms with Crippen LogP contribution in [0.15, 0.2) is 48.7 Å². The lowest BCUT2D eigenvalue weighted by molar-refractivity contribution is 0.404. The lowest BCUT2D eigenvalue weighted by atomic mass is 10.1. The minimum absolute atomic E-state index is 0.147. The summed E-state index contributed by atoms with van der Waals surface area (Å²) in [6, 6.07) is 12.8. The molecule has 0 fully saturated rings. The van der Waals surface area contributed by atoms with Gasteiger partial charge in [-0.25, -0.2) is 4.68 Å². The lowest BCUT2D eigenvalue weighted by Gasteiger charge is -2.01. The van der Waals surface area contributed by atoms with Crippen molar-refractivity contribution in [2.75, 3.05) is 0 Å². The second-order valence-corrected chi connectivity index (χ2v) is 4.99. The Kier molecular flexibility index (Phi) is 3.31. The number of rotatable bonds is 3. The van der Waals surface area contributed by atoms with Gasteiger partial charge in [0.15, 0.2) is 11.5 Å². The maximum Gasteiger partial charge on any atom is 0.158 e. The number of nitrogens with zero attached hydrogens (tertiary/aromatic N) is 3. The van der Waals surface area contributed by atoms with Crippen LogP contribution in [0.5, 0.6) is 11.5 Å². The third kappa shape index (κ3) is 2.86. The van der Waals surface area contributed by atoms with Gasteiger partial charge in [0.05, 0.1) is 12.7 Å². The van der Waals surface area contributed by atoms with Crippen LogP contribution in [0.4, 0.5) is 0 Å². The standard InChI is InChI=1S/C16H15N3O2/c1-11-2-4-12(5-3-11)9-19-10-14(17-18-19)13-6-7-15(20)16(21)8-13/h2-8,10,20-21H,9H2,1H3. The van der Waals surface area contributed by atoms with Gasteiger partial charge in [0.25, 0.3) is 0 Å². The molecule has 0 aliphatic carbocycles. The van der Waals surface area contributed by atoms with Crippen molar-refractivity contribution in [3.05, 3.63) is 59.8 Å². The van der Waals surface area contributed by atoms with E-state index in [9.17, 15) is 10.2 Å². The highest BCUT2D eigenvalue weighted by atomic mass is 16.3. The first-order valence-corrected chi connectivity index (χ1v) is 6.60. The first-order valence-electron chi connectivity index (χ1n) is 6.60. The third-order valence-corrected chi connectivity index (χ3v) is 3.28. The van der Waals surface area contributed by atoms with Crippen molar-refractivity contribution >= 4 is 0 Å². The van der Waals surface area contributed by atoms with Crippen molar-refractivity contribution in [1.29, 1.82) is 0 Å². The van der Waals surface area contributed by atoms with Gasteiger partial charge < -0.3 is 10.2 Å². The Morgan fingerprint density at radius 2 is 1.76 bits per heavy atom. The Morgan fingerprint density at radius 3 is 2.48 bits per heavy atom. The first-order chi connectivity index (χ1) is 10.1. The predicted octanol–water partition coefficient (Wildman–Crippen LogP) is 2.71. The van der Waals surface area contributed by atoms with Gasteiger partial charge in [-0.15, -0.1) is 5.10 Å². The summed E-state index contributed by atoms with van der Waals surface area (Å²) in [5.41, 5.74) is 3.72. The molecule has 3 aromatic rings. The van der Waals surface area contributed by atoms with E-state index >= 15 is 0 Å². The number of aromatic nitrogens is 3. The van der Waals surface area contributed by atoms with Gasteiger partial charge in [-0.05, 0) is 30.7 Å². The van der Waals surface area contributed by atoms with E-state index in [-0.39, 0.29) is 11.5 Å². The van der Waals surface area contributed by atoms with Gasteiger partial charge in [-0.2, -0.15) is 0 Å². The number of hydrogen-bond acceptors (Lipinski definition) is 4. The van der Waals surface area contributed by atoms with Crippen molar-refractivity contribution in [3.8, 4) is 22.8 Å². The molecule has 106 valence electrons. The van der Waals surface area contributed by atoms with E-state index in [1.54, 1.807) is 10.7 Å². The van der Waals surface area contributed by atoms with E-state index < -0.39 is 0 Å². The van der Waals surface area contributed by atoms with E-state index in [0.717, 1.165) is 5.56 Å². The van der Waals surface area contributed by atoms with Gasteiger partial charge >= 0.3 is 0 Å². The van der Waals surface area contributed by atoms with Gasteiger partial charge in [0.2, 0.25) is 0 Å². The molecule has 1 heterocycles. The van der Waals surface area contributed by atoms with Crippen molar-refractivity contribution < 1.29 is 10.2 Å². The highest BCUT2D eigenvalue weighted by Gasteiger charge is 2.07. The van der Waals surface area contributed by atoms with E-state index in [0.29, 0.717) is 17.8 Å². The fourth-order valence-corrected chi connectivity index (χ4v) is 2.07. The smallest absolute Gasteiger partial charge is 0.158 e. The van der Waals surface area contributed by atoms with Crippen LogP contribution in [0.2, 0.25) is 0 Å². The molecule has 0 radical (unpaired) electrons. The van der Waals surface area contributed by atoms with E-state index in [4.69, 9.17) is 0 Å². The molecule has 5 nitrogen and oxygen atoms in total. The van der Waals surface area contributed by atoms with E-state index in [2.05, 4.69) is 41.5 Å². The summed E-state index contributed by atoms with van der Waals surface area (Å²) in [6.45, 7) is 2.69. The van der Waals surface area contributed by atoms with Crippen LogP contribution in [-0.2, 0) is 6.54 Å². The van der Waals surface area contributed by atoms with E-state index in [1.807, 2.05) is 6.20 Å².